The lowest BCUT2D eigenvalue weighted by Crippen LogP contribution is -2.12. The number of aliphatic hydroxyl groups excluding tert-OH is 1. The second-order valence-electron chi connectivity index (χ2n) is 4.29. The molecule has 1 nitrogen and oxygen atoms in total. The first kappa shape index (κ1) is 15.7. The molecular formula is C14H8ClF5O. The van der Waals surface area contributed by atoms with Crippen LogP contribution in [0.4, 0.5) is 22.0 Å². The standard InChI is InChI=1S/C14H8ClF5O/c15-8-3-1-2-7(6-8)13(21)9-4-5-10(14(18,19)20)12(17)11(9)16/h1-6,13,21H. The first-order valence-corrected chi connectivity index (χ1v) is 6.08. The number of benzene rings is 2. The number of rotatable bonds is 2. The maximum atomic E-state index is 13.8. The summed E-state index contributed by atoms with van der Waals surface area (Å²) in [5.41, 5.74) is -2.18. The van der Waals surface area contributed by atoms with E-state index in [2.05, 4.69) is 0 Å². The van der Waals surface area contributed by atoms with Crippen molar-refractivity contribution in [1.29, 1.82) is 0 Å². The van der Waals surface area contributed by atoms with Crippen LogP contribution in [0.25, 0.3) is 0 Å². The SMILES string of the molecule is OC(c1cccc(Cl)c1)c1ccc(C(F)(F)F)c(F)c1F. The van der Waals surface area contributed by atoms with Crippen LogP contribution >= 0.6 is 11.6 Å². The number of hydrogen-bond acceptors (Lipinski definition) is 1. The van der Waals surface area contributed by atoms with Gasteiger partial charge in [-0.15, -0.1) is 0 Å². The molecule has 0 radical (unpaired) electrons. The van der Waals surface area contributed by atoms with E-state index in [1.165, 1.54) is 24.3 Å². The summed E-state index contributed by atoms with van der Waals surface area (Å²) in [7, 11) is 0. The summed E-state index contributed by atoms with van der Waals surface area (Å²) in [6.07, 6.45) is -6.63. The van der Waals surface area contributed by atoms with E-state index in [0.29, 0.717) is 12.1 Å². The van der Waals surface area contributed by atoms with Crippen LogP contribution in [0.3, 0.4) is 0 Å². The normalized spacial score (nSPS) is 13.3. The predicted molar refractivity (Wildman–Crippen MR) is 66.9 cm³/mol. The van der Waals surface area contributed by atoms with E-state index < -0.39 is 35.0 Å². The van der Waals surface area contributed by atoms with Gasteiger partial charge in [0, 0.05) is 10.6 Å². The van der Waals surface area contributed by atoms with Gasteiger partial charge < -0.3 is 5.11 Å². The molecule has 0 aromatic heterocycles. The second kappa shape index (κ2) is 5.61. The minimum atomic E-state index is -5.01. The van der Waals surface area contributed by atoms with E-state index in [0.717, 1.165) is 0 Å². The Morgan fingerprint density at radius 2 is 1.67 bits per heavy atom. The van der Waals surface area contributed by atoms with Crippen LogP contribution in [-0.4, -0.2) is 5.11 Å². The minimum absolute atomic E-state index is 0.139. The van der Waals surface area contributed by atoms with Crippen LogP contribution in [0.15, 0.2) is 36.4 Å². The Kier molecular flexibility index (Phi) is 4.20. The number of hydrogen-bond donors (Lipinski definition) is 1. The van der Waals surface area contributed by atoms with Gasteiger partial charge in [0.15, 0.2) is 11.6 Å². The highest BCUT2D eigenvalue weighted by Gasteiger charge is 2.36. The Hall–Kier alpha value is -1.66. The van der Waals surface area contributed by atoms with Crippen LogP contribution in [-0.2, 0) is 6.18 Å². The molecule has 2 aromatic carbocycles. The maximum absolute atomic E-state index is 13.8. The number of alkyl halides is 3. The third kappa shape index (κ3) is 3.16. The van der Waals surface area contributed by atoms with E-state index in [4.69, 9.17) is 11.6 Å². The van der Waals surface area contributed by atoms with Gasteiger partial charge in [-0.1, -0.05) is 29.8 Å². The molecule has 112 valence electrons. The summed E-state index contributed by atoms with van der Waals surface area (Å²) in [6.45, 7) is 0. The smallest absolute Gasteiger partial charge is 0.384 e. The van der Waals surface area contributed by atoms with Crippen LogP contribution < -0.4 is 0 Å². The Morgan fingerprint density at radius 3 is 2.24 bits per heavy atom. The monoisotopic (exact) mass is 322 g/mol. The minimum Gasteiger partial charge on any atom is -0.384 e. The highest BCUT2D eigenvalue weighted by atomic mass is 35.5. The molecule has 1 N–H and O–H groups in total. The zero-order chi connectivity index (χ0) is 15.8. The van der Waals surface area contributed by atoms with Crippen molar-refractivity contribution in [2.24, 2.45) is 0 Å². The van der Waals surface area contributed by atoms with Crippen molar-refractivity contribution in [3.05, 3.63) is 69.7 Å². The summed E-state index contributed by atoms with van der Waals surface area (Å²) >= 11 is 5.70. The van der Waals surface area contributed by atoms with Gasteiger partial charge in [-0.3, -0.25) is 0 Å². The maximum Gasteiger partial charge on any atom is 0.419 e. The van der Waals surface area contributed by atoms with Crippen LogP contribution in [0, 0.1) is 11.6 Å². The van der Waals surface area contributed by atoms with E-state index in [1.807, 2.05) is 0 Å². The zero-order valence-electron chi connectivity index (χ0n) is 10.3. The zero-order valence-corrected chi connectivity index (χ0v) is 11.0. The van der Waals surface area contributed by atoms with Crippen molar-refractivity contribution in [2.45, 2.75) is 12.3 Å². The Morgan fingerprint density at radius 1 is 1.00 bits per heavy atom. The van der Waals surface area contributed by atoms with Gasteiger partial charge in [0.1, 0.15) is 6.10 Å². The summed E-state index contributed by atoms with van der Waals surface area (Å²) in [4.78, 5) is 0. The Balaban J connectivity index is 2.48. The topological polar surface area (TPSA) is 20.2 Å². The van der Waals surface area contributed by atoms with Gasteiger partial charge >= 0.3 is 6.18 Å². The van der Waals surface area contributed by atoms with Crippen molar-refractivity contribution in [3.63, 3.8) is 0 Å². The quantitative estimate of drug-likeness (QED) is 0.793. The van der Waals surface area contributed by atoms with Crippen LogP contribution in [0.1, 0.15) is 22.8 Å². The average Bonchev–Trinajstić information content (AvgIpc) is 2.39. The third-order valence-electron chi connectivity index (χ3n) is 2.88. The van der Waals surface area contributed by atoms with E-state index in [1.54, 1.807) is 0 Å². The summed E-state index contributed by atoms with van der Waals surface area (Å²) in [5.74, 6) is -3.78. The summed E-state index contributed by atoms with van der Waals surface area (Å²) in [5, 5.41) is 10.2. The molecule has 2 rings (SSSR count). The van der Waals surface area contributed by atoms with Crippen molar-refractivity contribution in [3.8, 4) is 0 Å². The first-order chi connectivity index (χ1) is 9.71. The van der Waals surface area contributed by atoms with Crippen molar-refractivity contribution >= 4 is 11.6 Å². The van der Waals surface area contributed by atoms with Gasteiger partial charge in [-0.2, -0.15) is 13.2 Å². The highest BCUT2D eigenvalue weighted by Crippen LogP contribution is 2.35. The molecule has 0 amide bonds. The Labute approximate surface area is 121 Å². The lowest BCUT2D eigenvalue weighted by molar-refractivity contribution is -0.140. The van der Waals surface area contributed by atoms with Gasteiger partial charge in [-0.25, -0.2) is 8.78 Å². The van der Waals surface area contributed by atoms with Crippen molar-refractivity contribution in [1.82, 2.24) is 0 Å². The molecule has 2 aromatic rings. The number of halogens is 6. The lowest BCUT2D eigenvalue weighted by Gasteiger charge is -2.15. The molecule has 0 saturated heterocycles. The average molecular weight is 323 g/mol. The molecule has 0 aliphatic heterocycles. The first-order valence-electron chi connectivity index (χ1n) is 5.70. The molecule has 0 aliphatic rings. The van der Waals surface area contributed by atoms with Crippen LogP contribution in [0.2, 0.25) is 5.02 Å². The lowest BCUT2D eigenvalue weighted by atomic mass is 9.99. The molecule has 7 heteroatoms. The summed E-state index contributed by atoms with van der Waals surface area (Å²) < 4.78 is 64.6. The van der Waals surface area contributed by atoms with E-state index in [-0.39, 0.29) is 10.6 Å². The largest absolute Gasteiger partial charge is 0.419 e. The van der Waals surface area contributed by atoms with E-state index >= 15 is 0 Å². The molecule has 0 heterocycles. The fraction of sp³-hybridized carbons (Fsp3) is 0.143. The molecule has 0 fully saturated rings. The number of aliphatic hydroxyl groups is 1. The van der Waals surface area contributed by atoms with Gasteiger partial charge in [0.25, 0.3) is 0 Å². The third-order valence-corrected chi connectivity index (χ3v) is 3.11. The molecule has 1 unspecified atom stereocenters. The Bertz CT molecular complexity index is 669. The van der Waals surface area contributed by atoms with Crippen molar-refractivity contribution < 1.29 is 27.1 Å². The highest BCUT2D eigenvalue weighted by molar-refractivity contribution is 6.30. The second-order valence-corrected chi connectivity index (χ2v) is 4.72. The molecule has 0 spiro atoms. The molecule has 0 aliphatic carbocycles. The molecule has 0 saturated carbocycles. The van der Waals surface area contributed by atoms with Gasteiger partial charge in [0.2, 0.25) is 0 Å². The predicted octanol–water partition coefficient (Wildman–Crippen LogP) is 4.72. The molecular weight excluding hydrogens is 315 g/mol. The molecule has 0 bridgehead atoms. The van der Waals surface area contributed by atoms with Gasteiger partial charge in [-0.05, 0) is 23.8 Å². The molecule has 1 atom stereocenters. The van der Waals surface area contributed by atoms with Crippen molar-refractivity contribution in [2.75, 3.05) is 0 Å². The van der Waals surface area contributed by atoms with E-state index in [9.17, 15) is 27.1 Å². The van der Waals surface area contributed by atoms with Gasteiger partial charge in [0.05, 0.1) is 5.56 Å². The fourth-order valence-corrected chi connectivity index (χ4v) is 2.05. The fourth-order valence-electron chi connectivity index (χ4n) is 1.85. The molecule has 21 heavy (non-hydrogen) atoms. The summed E-state index contributed by atoms with van der Waals surface area (Å²) in [6, 6.07) is 6.77. The van der Waals surface area contributed by atoms with Crippen LogP contribution in [0.5, 0.6) is 0 Å².